The second-order valence-electron chi connectivity index (χ2n) is 27.4. The molecule has 1 aliphatic heterocycles. The van der Waals surface area contributed by atoms with Gasteiger partial charge in [0, 0.05) is 101 Å². The van der Waals surface area contributed by atoms with E-state index in [0.29, 0.717) is 167 Å². The van der Waals surface area contributed by atoms with E-state index in [1.165, 1.54) is 49.0 Å². The summed E-state index contributed by atoms with van der Waals surface area (Å²) in [7, 11) is -8.57. The molecule has 0 radical (unpaired) electrons. The minimum absolute atomic E-state index is 0.0186. The zero-order chi connectivity index (χ0) is 77.9. The Bertz CT molecular complexity index is 4120. The van der Waals surface area contributed by atoms with Gasteiger partial charge in [-0.15, -0.1) is 0 Å². The number of aromatic nitrogens is 3. The number of fused-ring (bicyclic) bond motifs is 1. The van der Waals surface area contributed by atoms with E-state index in [1.807, 2.05) is 54.9 Å². The number of aryl methyl sites for hydroxylation is 2. The molecule has 0 unspecified atom stereocenters. The summed E-state index contributed by atoms with van der Waals surface area (Å²) < 4.78 is 107. The van der Waals surface area contributed by atoms with Crippen LogP contribution < -0.4 is 19.9 Å². The van der Waals surface area contributed by atoms with Crippen LogP contribution in [0, 0.1) is 11.6 Å². The number of halogens is 6. The van der Waals surface area contributed by atoms with Crippen molar-refractivity contribution >= 4 is 108 Å². The van der Waals surface area contributed by atoms with Crippen LogP contribution in [0.2, 0.25) is 52.3 Å². The van der Waals surface area contributed by atoms with E-state index >= 15 is 4.39 Å². The van der Waals surface area contributed by atoms with Crippen LogP contribution in [-0.2, 0) is 76.2 Å². The Morgan fingerprint density at radius 3 is 1.90 bits per heavy atom. The topological polar surface area (TPSA) is 241 Å². The van der Waals surface area contributed by atoms with Gasteiger partial charge in [0.05, 0.1) is 125 Å². The number of sulfone groups is 1. The molecule has 108 heavy (non-hydrogen) atoms. The van der Waals surface area contributed by atoms with Crippen LogP contribution in [-0.4, -0.2) is 192 Å². The minimum Gasteiger partial charge on any atom is -0.455 e. The quantitative estimate of drug-likeness (QED) is 0.0183. The van der Waals surface area contributed by atoms with Crippen molar-refractivity contribution in [1.82, 2.24) is 19.9 Å². The number of benzene rings is 5. The number of imidazole rings is 1. The van der Waals surface area contributed by atoms with Gasteiger partial charge in [-0.1, -0.05) is 103 Å². The normalized spacial score (nSPS) is 13.4. The second kappa shape index (κ2) is 43.4. The van der Waals surface area contributed by atoms with E-state index in [0.717, 1.165) is 59.7 Å². The number of anilines is 2. The molecule has 5 aromatic carbocycles. The number of amides is 2. The fraction of sp³-hybridized carbons (Fsp3) is 0.481. The molecule has 21 nitrogen and oxygen atoms in total. The Labute approximate surface area is 659 Å². The molecular formula is C77H100Cl4F2N6O15S2Si2. The van der Waals surface area contributed by atoms with Gasteiger partial charge in [0.2, 0.25) is 5.91 Å². The summed E-state index contributed by atoms with van der Waals surface area (Å²) in [5.41, 5.74) is 6.06. The molecule has 31 heteroatoms. The lowest BCUT2D eigenvalue weighted by Crippen LogP contribution is -2.45. The van der Waals surface area contributed by atoms with Gasteiger partial charge in [-0.05, 0) is 154 Å². The minimum atomic E-state index is -3.83. The Hall–Kier alpha value is -5.65. The van der Waals surface area contributed by atoms with E-state index < -0.39 is 37.9 Å². The largest absolute Gasteiger partial charge is 0.455 e. The van der Waals surface area contributed by atoms with Gasteiger partial charge < -0.3 is 67.0 Å². The van der Waals surface area contributed by atoms with Crippen molar-refractivity contribution in [3.8, 4) is 17.2 Å². The van der Waals surface area contributed by atoms with Crippen LogP contribution in [0.5, 0.6) is 11.5 Å². The molecule has 7 aromatic rings. The molecular weight excluding hydrogens is 1550 g/mol. The molecule has 590 valence electrons. The third-order valence-corrected chi connectivity index (χ3v) is 24.1. The van der Waals surface area contributed by atoms with Crippen LogP contribution in [0.15, 0.2) is 126 Å². The van der Waals surface area contributed by atoms with Crippen molar-refractivity contribution in [2.45, 2.75) is 125 Å². The number of hydrogen-bond acceptors (Lipinski definition) is 19. The highest BCUT2D eigenvalue weighted by atomic mass is 35.5. The lowest BCUT2D eigenvalue weighted by Gasteiger charge is -2.38. The van der Waals surface area contributed by atoms with Crippen LogP contribution in [0.25, 0.3) is 5.69 Å². The smallest absolute Gasteiger partial charge is 0.329 e. The summed E-state index contributed by atoms with van der Waals surface area (Å²) in [6, 6.07) is 28.5. The van der Waals surface area contributed by atoms with Crippen molar-refractivity contribution in [2.75, 3.05) is 134 Å². The van der Waals surface area contributed by atoms with Gasteiger partial charge in [0.15, 0.2) is 23.3 Å². The van der Waals surface area contributed by atoms with Gasteiger partial charge in [-0.25, -0.2) is 22.2 Å². The molecule has 1 saturated carbocycles. The van der Waals surface area contributed by atoms with Gasteiger partial charge in [0.1, 0.15) is 28.7 Å². The van der Waals surface area contributed by atoms with Crippen molar-refractivity contribution in [3.05, 3.63) is 181 Å². The summed E-state index contributed by atoms with van der Waals surface area (Å²) in [5, 5.41) is 4.75. The molecule has 0 spiro atoms. The van der Waals surface area contributed by atoms with Crippen LogP contribution in [0.4, 0.5) is 20.2 Å². The molecule has 1 aliphatic carbocycles. The maximum absolute atomic E-state index is 15.4. The number of rotatable bonds is 45. The maximum Gasteiger partial charge on any atom is 0.329 e. The third kappa shape index (κ3) is 27.9. The zero-order valence-corrected chi connectivity index (χ0v) is 69.0. The third-order valence-electron chi connectivity index (χ3n) is 17.5. The van der Waals surface area contributed by atoms with E-state index in [1.54, 1.807) is 60.7 Å². The average Bonchev–Trinajstić information content (AvgIpc) is 1.53. The summed E-state index contributed by atoms with van der Waals surface area (Å²) in [6.45, 7) is 21.6. The Kier molecular flexibility index (Phi) is 35.3. The van der Waals surface area contributed by atoms with Crippen molar-refractivity contribution < 1.29 is 78.7 Å². The van der Waals surface area contributed by atoms with Gasteiger partial charge in [0.25, 0.3) is 5.91 Å². The zero-order valence-electron chi connectivity index (χ0n) is 62.4. The summed E-state index contributed by atoms with van der Waals surface area (Å²) >= 11 is 27.4. The number of thioether (sulfide) groups is 1. The summed E-state index contributed by atoms with van der Waals surface area (Å²) in [4.78, 5) is 59.0. The standard InChI is InChI=1S/C45H64Cl2N4O11Si.C32H36Cl2F2N2O4S2Si/c1-63(2,54)31-5-17-55-19-21-57-23-25-59-27-29-61-30-28-60-26-24-58-22-20-56-18-14-49-44(52)11-8-35-32-39(47)43(33-38(35)46)62-42-12-13-48-34-37(42)45(53)51-16-15-50(36-9-10-36)40-6-3-4-7-41(40)51;1-6-21-16-22(8-13-27(21)33)32(2,3)30-19-37-31(38(30)24-11-9-23(35)10-12-24)43-20-26-28(34)17-25(18-29(26)36)44(39,40)15-7-14-42-45(4,5)41/h3-4,6-7,12-13,32-34,36,54H,5,8-11,14-31H2,1-2H3,(H,49,52);8-13,16-19,41H,6-7,14-15,20H2,1-5H3. The molecule has 2 amide bonds. The first-order valence-corrected chi connectivity index (χ1v) is 46.4. The van der Waals surface area contributed by atoms with E-state index in [4.69, 9.17) is 88.7 Å². The van der Waals surface area contributed by atoms with Crippen LogP contribution in [0.1, 0.15) is 91.2 Å². The highest BCUT2D eigenvalue weighted by molar-refractivity contribution is 7.98. The molecule has 1 fully saturated rings. The number of para-hydroxylation sites is 2. The number of pyridine rings is 1. The molecule has 0 saturated heterocycles. The van der Waals surface area contributed by atoms with Crippen molar-refractivity contribution in [3.63, 3.8) is 0 Å². The molecule has 3 heterocycles. The predicted molar refractivity (Wildman–Crippen MR) is 425 cm³/mol. The SMILES string of the molecule is CCc1cc(C(C)(C)c2cnc(SCc3c(F)cc(S(=O)(=O)CCCO[Si](C)(C)O)cc3Cl)n2-c2ccc(F)cc2)ccc1Cl.C[Si](C)(O)CCCOCCOCCOCCOCCOCCOCCOCCNC(=O)CCc1cc(Cl)c(Oc2ccncc2C(=O)N2CCN(C3CC3)c3ccccc32)cc1Cl. The van der Waals surface area contributed by atoms with Crippen LogP contribution in [0.3, 0.4) is 0 Å². The number of nitrogens with zero attached hydrogens (tertiary/aromatic N) is 5. The number of nitrogens with one attached hydrogen (secondary N) is 1. The fourth-order valence-electron chi connectivity index (χ4n) is 11.5. The summed E-state index contributed by atoms with van der Waals surface area (Å²) in [6.07, 6.45) is 9.55. The van der Waals surface area contributed by atoms with Crippen molar-refractivity contribution in [2.24, 2.45) is 0 Å². The van der Waals surface area contributed by atoms with Crippen LogP contribution >= 0.6 is 58.2 Å². The highest BCUT2D eigenvalue weighted by Gasteiger charge is 2.37. The Balaban J connectivity index is 0.000000288. The first-order valence-electron chi connectivity index (χ1n) is 36.3. The molecule has 2 aromatic heterocycles. The monoisotopic (exact) mass is 1650 g/mol. The molecule has 9 rings (SSSR count). The Morgan fingerprint density at radius 1 is 0.676 bits per heavy atom. The predicted octanol–water partition coefficient (Wildman–Crippen LogP) is 15.1. The first-order chi connectivity index (χ1) is 51.6. The van der Waals surface area contributed by atoms with Gasteiger partial charge >= 0.3 is 8.56 Å². The number of hydrogen-bond donors (Lipinski definition) is 3. The molecule has 0 bridgehead atoms. The van der Waals surface area contributed by atoms with E-state index in [-0.39, 0.29) is 64.1 Å². The summed E-state index contributed by atoms with van der Waals surface area (Å²) in [5.74, 6) is -1.09. The van der Waals surface area contributed by atoms with Crippen molar-refractivity contribution in [1.29, 1.82) is 0 Å². The molecule has 2 aliphatic rings. The number of carbonyl (C=O) groups excluding carboxylic acids is 2. The number of ether oxygens (including phenoxy) is 8. The second-order valence-corrected chi connectivity index (χ2v) is 39.4. The maximum atomic E-state index is 15.4. The fourth-order valence-corrected chi connectivity index (χ4v) is 16.7. The lowest BCUT2D eigenvalue weighted by molar-refractivity contribution is -0.121. The molecule has 0 atom stereocenters. The lowest BCUT2D eigenvalue weighted by atomic mass is 9.80. The Morgan fingerprint density at radius 2 is 1.30 bits per heavy atom. The van der Waals surface area contributed by atoms with E-state index in [2.05, 4.69) is 46.2 Å². The highest BCUT2D eigenvalue weighted by Crippen LogP contribution is 2.43. The number of carbonyl (C=O) groups is 2. The van der Waals surface area contributed by atoms with Gasteiger partial charge in [-0.2, -0.15) is 0 Å². The molecule has 3 N–H and O–H groups in total. The van der Waals surface area contributed by atoms with E-state index in [9.17, 15) is 32.0 Å². The van der Waals surface area contributed by atoms with Gasteiger partial charge in [-0.3, -0.25) is 19.1 Å². The average molecular weight is 1650 g/mol. The first kappa shape index (κ1) is 87.9.